The van der Waals surface area contributed by atoms with E-state index >= 15 is 0 Å². The van der Waals surface area contributed by atoms with Gasteiger partial charge in [-0.15, -0.1) is 11.3 Å². The summed E-state index contributed by atoms with van der Waals surface area (Å²) >= 11 is 5.35. The average molecular weight is 356 g/mol. The topological polar surface area (TPSA) is 12.0 Å². The molecule has 1 N–H and O–H groups in total. The Labute approximate surface area is 132 Å². The van der Waals surface area contributed by atoms with Gasteiger partial charge in [-0.25, -0.2) is 4.39 Å². The van der Waals surface area contributed by atoms with Gasteiger partial charge in [-0.05, 0) is 51.5 Å². The smallest absolute Gasteiger partial charge is 0.123 e. The molecule has 0 amide bonds. The minimum Gasteiger partial charge on any atom is -0.314 e. The summed E-state index contributed by atoms with van der Waals surface area (Å²) in [6.07, 6.45) is 0.962. The van der Waals surface area contributed by atoms with Crippen LogP contribution in [-0.4, -0.2) is 12.6 Å². The van der Waals surface area contributed by atoms with Gasteiger partial charge < -0.3 is 5.32 Å². The molecule has 1 aromatic carbocycles. The van der Waals surface area contributed by atoms with Gasteiger partial charge in [0.05, 0.1) is 0 Å². The molecule has 20 heavy (non-hydrogen) atoms. The standard InChI is InChI=1S/C16H19BrFNS/c1-11(2)19-10-13(9-16-15(17)7-8-20-16)12-3-5-14(18)6-4-12/h3-8,11,13,19H,9-10H2,1-2H3. The first-order valence-electron chi connectivity index (χ1n) is 6.77. The van der Waals surface area contributed by atoms with E-state index in [4.69, 9.17) is 0 Å². The molecule has 0 aliphatic heterocycles. The largest absolute Gasteiger partial charge is 0.314 e. The number of hydrogen-bond donors (Lipinski definition) is 1. The van der Waals surface area contributed by atoms with Crippen LogP contribution in [0.5, 0.6) is 0 Å². The van der Waals surface area contributed by atoms with Gasteiger partial charge >= 0.3 is 0 Å². The first kappa shape index (κ1) is 15.7. The van der Waals surface area contributed by atoms with Crippen LogP contribution in [0.3, 0.4) is 0 Å². The Balaban J connectivity index is 2.15. The van der Waals surface area contributed by atoms with Gasteiger partial charge in [0.1, 0.15) is 5.82 Å². The number of rotatable bonds is 6. The molecule has 1 heterocycles. The molecule has 4 heteroatoms. The SMILES string of the molecule is CC(C)NCC(Cc1sccc1Br)c1ccc(F)cc1. The minimum absolute atomic E-state index is 0.179. The van der Waals surface area contributed by atoms with Crippen LogP contribution in [0.2, 0.25) is 0 Å². The molecule has 2 rings (SSSR count). The summed E-state index contributed by atoms with van der Waals surface area (Å²) < 4.78 is 14.3. The van der Waals surface area contributed by atoms with E-state index in [1.807, 2.05) is 12.1 Å². The monoisotopic (exact) mass is 355 g/mol. The first-order valence-corrected chi connectivity index (χ1v) is 8.44. The molecule has 1 unspecified atom stereocenters. The minimum atomic E-state index is -0.179. The van der Waals surface area contributed by atoms with Crippen molar-refractivity contribution in [2.45, 2.75) is 32.2 Å². The van der Waals surface area contributed by atoms with E-state index in [1.165, 1.54) is 14.9 Å². The molecule has 0 bridgehead atoms. The van der Waals surface area contributed by atoms with Crippen molar-refractivity contribution in [3.8, 4) is 0 Å². The van der Waals surface area contributed by atoms with Gasteiger partial charge in [-0.3, -0.25) is 0 Å². The highest BCUT2D eigenvalue weighted by Gasteiger charge is 2.15. The zero-order chi connectivity index (χ0) is 14.5. The second kappa shape index (κ2) is 7.34. The van der Waals surface area contributed by atoms with Crippen molar-refractivity contribution in [2.75, 3.05) is 6.54 Å². The molecule has 0 aliphatic rings. The van der Waals surface area contributed by atoms with E-state index in [2.05, 4.69) is 46.5 Å². The fraction of sp³-hybridized carbons (Fsp3) is 0.375. The van der Waals surface area contributed by atoms with Crippen LogP contribution >= 0.6 is 27.3 Å². The van der Waals surface area contributed by atoms with E-state index in [0.29, 0.717) is 12.0 Å². The zero-order valence-electron chi connectivity index (χ0n) is 11.7. The molecule has 1 atom stereocenters. The summed E-state index contributed by atoms with van der Waals surface area (Å²) in [7, 11) is 0. The van der Waals surface area contributed by atoms with Crippen LogP contribution in [0.15, 0.2) is 40.2 Å². The summed E-state index contributed by atoms with van der Waals surface area (Å²) in [4.78, 5) is 1.34. The lowest BCUT2D eigenvalue weighted by Crippen LogP contribution is -2.28. The molecule has 1 aromatic heterocycles. The van der Waals surface area contributed by atoms with Crippen LogP contribution in [0.25, 0.3) is 0 Å². The average Bonchev–Trinajstić information content (AvgIpc) is 2.81. The number of nitrogens with one attached hydrogen (secondary N) is 1. The summed E-state index contributed by atoms with van der Waals surface area (Å²) in [6, 6.07) is 9.40. The van der Waals surface area contributed by atoms with Crippen LogP contribution in [0, 0.1) is 5.82 Å². The maximum Gasteiger partial charge on any atom is 0.123 e. The number of hydrogen-bond acceptors (Lipinski definition) is 2. The fourth-order valence-electron chi connectivity index (χ4n) is 2.12. The molecule has 1 nitrogen and oxygen atoms in total. The Morgan fingerprint density at radius 1 is 1.20 bits per heavy atom. The molecule has 0 fully saturated rings. The summed E-state index contributed by atoms with van der Waals surface area (Å²) in [5.41, 5.74) is 1.18. The van der Waals surface area contributed by atoms with Crippen LogP contribution in [0.1, 0.15) is 30.2 Å². The Bertz CT molecular complexity index is 536. The van der Waals surface area contributed by atoms with E-state index < -0.39 is 0 Å². The molecule has 2 aromatic rings. The normalized spacial score (nSPS) is 12.8. The fourth-order valence-corrected chi connectivity index (χ4v) is 3.71. The van der Waals surface area contributed by atoms with E-state index in [9.17, 15) is 4.39 Å². The molecule has 0 spiro atoms. The molecule has 0 radical (unpaired) electrons. The third-order valence-corrected chi connectivity index (χ3v) is 5.19. The quantitative estimate of drug-likeness (QED) is 0.770. The number of thiophene rings is 1. The van der Waals surface area contributed by atoms with Crippen molar-refractivity contribution in [3.63, 3.8) is 0 Å². The highest BCUT2D eigenvalue weighted by molar-refractivity contribution is 9.10. The van der Waals surface area contributed by atoms with Gasteiger partial charge in [0.2, 0.25) is 0 Å². The maximum absolute atomic E-state index is 13.1. The molecule has 108 valence electrons. The lowest BCUT2D eigenvalue weighted by molar-refractivity contribution is 0.527. The summed E-state index contributed by atoms with van der Waals surface area (Å²) in [5, 5.41) is 5.58. The molecule has 0 aliphatic carbocycles. The molecular weight excluding hydrogens is 337 g/mol. The molecule has 0 saturated heterocycles. The molecular formula is C16H19BrFNS. The van der Waals surface area contributed by atoms with Crippen LogP contribution < -0.4 is 5.32 Å². The third-order valence-electron chi connectivity index (χ3n) is 3.24. The summed E-state index contributed by atoms with van der Waals surface area (Å²) in [6.45, 7) is 5.18. The van der Waals surface area contributed by atoms with Gasteiger partial charge in [0.25, 0.3) is 0 Å². The van der Waals surface area contributed by atoms with Gasteiger partial charge in [-0.1, -0.05) is 26.0 Å². The van der Waals surface area contributed by atoms with Crippen molar-refractivity contribution in [2.24, 2.45) is 0 Å². The Kier molecular flexibility index (Phi) is 5.75. The third kappa shape index (κ3) is 4.40. The number of benzene rings is 1. The summed E-state index contributed by atoms with van der Waals surface area (Å²) in [5.74, 6) is 0.176. The van der Waals surface area contributed by atoms with Crippen molar-refractivity contribution in [1.29, 1.82) is 0 Å². The van der Waals surface area contributed by atoms with Crippen molar-refractivity contribution in [1.82, 2.24) is 5.32 Å². The molecule has 0 saturated carbocycles. The van der Waals surface area contributed by atoms with E-state index in [0.717, 1.165) is 13.0 Å². The lowest BCUT2D eigenvalue weighted by Gasteiger charge is -2.19. The van der Waals surface area contributed by atoms with Crippen LogP contribution in [0.4, 0.5) is 4.39 Å². The maximum atomic E-state index is 13.1. The van der Waals surface area contributed by atoms with E-state index in [1.54, 1.807) is 23.5 Å². The predicted octanol–water partition coefficient (Wildman–Crippen LogP) is 4.97. The lowest BCUT2D eigenvalue weighted by atomic mass is 9.94. The van der Waals surface area contributed by atoms with Crippen molar-refractivity contribution < 1.29 is 4.39 Å². The first-order chi connectivity index (χ1) is 9.56. The highest BCUT2D eigenvalue weighted by atomic mass is 79.9. The predicted molar refractivity (Wildman–Crippen MR) is 88.0 cm³/mol. The van der Waals surface area contributed by atoms with Gasteiger partial charge in [0, 0.05) is 27.9 Å². The Morgan fingerprint density at radius 2 is 1.90 bits per heavy atom. The second-order valence-corrected chi connectivity index (χ2v) is 7.06. The Hall–Kier alpha value is -0.710. The van der Waals surface area contributed by atoms with Gasteiger partial charge in [0.15, 0.2) is 0 Å². The van der Waals surface area contributed by atoms with Crippen molar-refractivity contribution >= 4 is 27.3 Å². The van der Waals surface area contributed by atoms with Crippen LogP contribution in [-0.2, 0) is 6.42 Å². The van der Waals surface area contributed by atoms with Gasteiger partial charge in [-0.2, -0.15) is 0 Å². The number of halogens is 2. The van der Waals surface area contributed by atoms with E-state index in [-0.39, 0.29) is 5.82 Å². The van der Waals surface area contributed by atoms with Crippen molar-refractivity contribution in [3.05, 3.63) is 56.4 Å². The zero-order valence-corrected chi connectivity index (χ0v) is 14.1. The highest BCUT2D eigenvalue weighted by Crippen LogP contribution is 2.29. The Morgan fingerprint density at radius 3 is 2.45 bits per heavy atom. The second-order valence-electron chi connectivity index (χ2n) is 5.21.